The number of esters is 3. The van der Waals surface area contributed by atoms with Crippen LogP contribution in [0.2, 0.25) is 0 Å². The normalized spacial score (nSPS) is 11.1. The van der Waals surface area contributed by atoms with Crippen LogP contribution in [0.15, 0.2) is 0 Å². The number of carbonyl (C=O) groups is 3. The lowest BCUT2D eigenvalue weighted by Gasteiger charge is -2.25. The Hall–Kier alpha value is -1.59. The smallest absolute Gasteiger partial charge is 0.334 e. The summed E-state index contributed by atoms with van der Waals surface area (Å²) >= 11 is 0. The highest BCUT2D eigenvalue weighted by Crippen LogP contribution is 2.30. The number of ether oxygens (including phenoxy) is 3. The highest BCUT2D eigenvalue weighted by Gasteiger charge is 2.56. The van der Waals surface area contributed by atoms with E-state index in [0.29, 0.717) is 6.42 Å². The Kier molecular flexibility index (Phi) is 14.6. The van der Waals surface area contributed by atoms with Crippen LogP contribution in [0.1, 0.15) is 90.4 Å². The van der Waals surface area contributed by atoms with Gasteiger partial charge in [-0.05, 0) is 6.42 Å². The van der Waals surface area contributed by atoms with Crippen molar-refractivity contribution in [1.29, 1.82) is 0 Å². The number of methoxy groups -OCH3 is 3. The molecule has 0 atom stereocenters. The van der Waals surface area contributed by atoms with E-state index in [4.69, 9.17) is 0 Å². The van der Waals surface area contributed by atoms with E-state index in [2.05, 4.69) is 21.1 Å². The fourth-order valence-corrected chi connectivity index (χ4v) is 3.31. The molecule has 0 amide bonds. The lowest BCUT2D eigenvalue weighted by molar-refractivity contribution is -0.181. The molecule has 0 spiro atoms. The molecular formula is C21H38O6. The zero-order chi connectivity index (χ0) is 20.5. The van der Waals surface area contributed by atoms with Gasteiger partial charge in [-0.1, -0.05) is 84.0 Å². The van der Waals surface area contributed by atoms with Gasteiger partial charge in [-0.25, -0.2) is 0 Å². The Bertz CT molecular complexity index is 392. The van der Waals surface area contributed by atoms with E-state index in [9.17, 15) is 14.4 Å². The van der Waals surface area contributed by atoms with E-state index in [1.165, 1.54) is 51.4 Å². The average Bonchev–Trinajstić information content (AvgIpc) is 2.70. The molecule has 0 bridgehead atoms. The third-order valence-electron chi connectivity index (χ3n) is 5.01. The molecule has 0 heterocycles. The summed E-state index contributed by atoms with van der Waals surface area (Å²) in [6, 6.07) is 0. The van der Waals surface area contributed by atoms with Crippen molar-refractivity contribution in [3.63, 3.8) is 0 Å². The van der Waals surface area contributed by atoms with E-state index in [1.54, 1.807) is 0 Å². The molecule has 0 aliphatic rings. The van der Waals surface area contributed by atoms with Crippen LogP contribution in [0.4, 0.5) is 0 Å². The molecule has 0 fully saturated rings. The van der Waals surface area contributed by atoms with Crippen molar-refractivity contribution < 1.29 is 28.6 Å². The Morgan fingerprint density at radius 2 is 0.852 bits per heavy atom. The predicted octanol–water partition coefficient (Wildman–Crippen LogP) is 4.58. The Morgan fingerprint density at radius 1 is 0.556 bits per heavy atom. The van der Waals surface area contributed by atoms with E-state index in [-0.39, 0.29) is 6.42 Å². The zero-order valence-corrected chi connectivity index (χ0v) is 17.6. The molecule has 0 saturated heterocycles. The van der Waals surface area contributed by atoms with Crippen molar-refractivity contribution in [1.82, 2.24) is 0 Å². The van der Waals surface area contributed by atoms with Crippen molar-refractivity contribution in [3.05, 3.63) is 0 Å². The first-order chi connectivity index (χ1) is 13.0. The topological polar surface area (TPSA) is 78.9 Å². The van der Waals surface area contributed by atoms with Gasteiger partial charge in [0.25, 0.3) is 5.41 Å². The van der Waals surface area contributed by atoms with Crippen molar-refractivity contribution in [2.24, 2.45) is 5.41 Å². The molecule has 6 heteroatoms. The second kappa shape index (κ2) is 15.5. The molecule has 0 aromatic carbocycles. The summed E-state index contributed by atoms with van der Waals surface area (Å²) in [6.45, 7) is 2.23. The van der Waals surface area contributed by atoms with E-state index < -0.39 is 23.3 Å². The van der Waals surface area contributed by atoms with E-state index in [0.717, 1.165) is 40.6 Å². The highest BCUT2D eigenvalue weighted by atomic mass is 16.6. The van der Waals surface area contributed by atoms with Crippen LogP contribution in [0.25, 0.3) is 0 Å². The van der Waals surface area contributed by atoms with E-state index in [1.807, 2.05) is 0 Å². The molecule has 0 N–H and O–H groups in total. The number of hydrogen-bond acceptors (Lipinski definition) is 6. The molecule has 0 aromatic rings. The average molecular weight is 387 g/mol. The molecule has 27 heavy (non-hydrogen) atoms. The SMILES string of the molecule is CCCCCCCCCCCCCCC(C(=O)OC)(C(=O)OC)C(=O)OC. The predicted molar refractivity (Wildman–Crippen MR) is 104 cm³/mol. The minimum atomic E-state index is -2.02. The first kappa shape index (κ1) is 25.4. The molecule has 158 valence electrons. The van der Waals surface area contributed by atoms with Gasteiger partial charge in [0.2, 0.25) is 0 Å². The summed E-state index contributed by atoms with van der Waals surface area (Å²) in [5.74, 6) is -2.78. The number of carbonyl (C=O) groups excluding carboxylic acids is 3. The van der Waals surface area contributed by atoms with Crippen LogP contribution in [-0.2, 0) is 28.6 Å². The molecule has 0 saturated carbocycles. The maximum atomic E-state index is 12.1. The molecular weight excluding hydrogens is 348 g/mol. The first-order valence-corrected chi connectivity index (χ1v) is 10.3. The largest absolute Gasteiger partial charge is 0.468 e. The van der Waals surface area contributed by atoms with Gasteiger partial charge >= 0.3 is 17.9 Å². The van der Waals surface area contributed by atoms with Crippen LogP contribution in [0, 0.1) is 5.41 Å². The maximum Gasteiger partial charge on any atom is 0.334 e. The standard InChI is InChI=1S/C21H38O6/c1-5-6-7-8-9-10-11-12-13-14-15-16-17-21(18(22)25-2,19(23)26-3)20(24)27-4/h5-17H2,1-4H3. The van der Waals surface area contributed by atoms with E-state index >= 15 is 0 Å². The quantitative estimate of drug-likeness (QED) is 0.167. The molecule has 0 aromatic heterocycles. The van der Waals surface area contributed by atoms with Gasteiger partial charge in [-0.15, -0.1) is 0 Å². The van der Waals surface area contributed by atoms with Gasteiger partial charge in [0.05, 0.1) is 21.3 Å². The van der Waals surface area contributed by atoms with Crippen molar-refractivity contribution in [2.75, 3.05) is 21.3 Å². The first-order valence-electron chi connectivity index (χ1n) is 10.3. The number of rotatable bonds is 16. The van der Waals surface area contributed by atoms with Crippen molar-refractivity contribution in [2.45, 2.75) is 90.4 Å². The van der Waals surface area contributed by atoms with Gasteiger partial charge in [0, 0.05) is 0 Å². The molecule has 0 rings (SSSR count). The van der Waals surface area contributed by atoms with Gasteiger partial charge in [-0.2, -0.15) is 0 Å². The molecule has 6 nitrogen and oxygen atoms in total. The summed E-state index contributed by atoms with van der Waals surface area (Å²) in [7, 11) is 3.43. The monoisotopic (exact) mass is 386 g/mol. The third kappa shape index (κ3) is 8.76. The molecule has 0 unspecified atom stereocenters. The van der Waals surface area contributed by atoms with Gasteiger partial charge in [-0.3, -0.25) is 14.4 Å². The third-order valence-corrected chi connectivity index (χ3v) is 5.01. The summed E-state index contributed by atoms with van der Waals surface area (Å²) in [5.41, 5.74) is -2.02. The van der Waals surface area contributed by atoms with Crippen molar-refractivity contribution in [3.8, 4) is 0 Å². The summed E-state index contributed by atoms with van der Waals surface area (Å²) < 4.78 is 14.0. The Morgan fingerprint density at radius 3 is 1.15 bits per heavy atom. The Labute approximate surface area is 164 Å². The number of unbranched alkanes of at least 4 members (excludes halogenated alkanes) is 11. The minimum Gasteiger partial charge on any atom is -0.468 e. The van der Waals surface area contributed by atoms with Crippen LogP contribution in [0.5, 0.6) is 0 Å². The summed E-state index contributed by atoms with van der Waals surface area (Å²) in [6.07, 6.45) is 13.9. The fourth-order valence-electron chi connectivity index (χ4n) is 3.31. The Balaban J connectivity index is 4.19. The molecule has 0 aliphatic heterocycles. The van der Waals surface area contributed by atoms with Gasteiger partial charge in [0.15, 0.2) is 0 Å². The van der Waals surface area contributed by atoms with Crippen LogP contribution < -0.4 is 0 Å². The lowest BCUT2D eigenvalue weighted by atomic mass is 9.82. The highest BCUT2D eigenvalue weighted by molar-refractivity contribution is 6.17. The molecule has 0 radical (unpaired) electrons. The lowest BCUT2D eigenvalue weighted by Crippen LogP contribution is -2.48. The maximum absolute atomic E-state index is 12.1. The summed E-state index contributed by atoms with van der Waals surface area (Å²) in [5, 5.41) is 0. The zero-order valence-electron chi connectivity index (χ0n) is 17.6. The second-order valence-corrected chi connectivity index (χ2v) is 7.02. The van der Waals surface area contributed by atoms with Gasteiger partial charge < -0.3 is 14.2 Å². The van der Waals surface area contributed by atoms with Crippen LogP contribution in [0.3, 0.4) is 0 Å². The summed E-state index contributed by atoms with van der Waals surface area (Å²) in [4.78, 5) is 36.4. The molecule has 0 aliphatic carbocycles. The minimum absolute atomic E-state index is 0.0381. The van der Waals surface area contributed by atoms with Crippen LogP contribution >= 0.6 is 0 Å². The number of hydrogen-bond donors (Lipinski definition) is 0. The van der Waals surface area contributed by atoms with Gasteiger partial charge in [0.1, 0.15) is 0 Å². The second-order valence-electron chi connectivity index (χ2n) is 7.02. The van der Waals surface area contributed by atoms with Crippen molar-refractivity contribution >= 4 is 17.9 Å². The van der Waals surface area contributed by atoms with Crippen LogP contribution in [-0.4, -0.2) is 39.2 Å². The fraction of sp³-hybridized carbons (Fsp3) is 0.857.